The summed E-state index contributed by atoms with van der Waals surface area (Å²) in [6.45, 7) is 0. The molecule has 11 heteroatoms. The van der Waals surface area contributed by atoms with Gasteiger partial charge in [-0.1, -0.05) is 36.4 Å². The van der Waals surface area contributed by atoms with Crippen LogP contribution in [-0.2, 0) is 0 Å². The predicted octanol–water partition coefficient (Wildman–Crippen LogP) is 3.17. The Bertz CT molecular complexity index is 1290. The number of aromatic hydroxyl groups is 3. The van der Waals surface area contributed by atoms with Crippen molar-refractivity contribution in [2.75, 3.05) is 10.9 Å². The van der Waals surface area contributed by atoms with Gasteiger partial charge in [0.15, 0.2) is 0 Å². The molecule has 0 saturated carbocycles. The fourth-order valence-electron chi connectivity index (χ4n) is 2.76. The van der Waals surface area contributed by atoms with Crippen LogP contribution in [0.5, 0.6) is 17.2 Å². The van der Waals surface area contributed by atoms with Crippen LogP contribution in [0.1, 0.15) is 16.7 Å². The number of nitrogens with zero attached hydrogens (tertiary/aromatic N) is 6. The molecule has 4 rings (SSSR count). The molecule has 0 atom stereocenters. The summed E-state index contributed by atoms with van der Waals surface area (Å²) in [7, 11) is 0. The molecule has 0 aliphatic rings. The summed E-state index contributed by atoms with van der Waals surface area (Å²) < 4.78 is 1.29. The third kappa shape index (κ3) is 5.34. The van der Waals surface area contributed by atoms with Crippen LogP contribution in [0.15, 0.2) is 88.1 Å². The van der Waals surface area contributed by atoms with Crippen LogP contribution < -0.4 is 10.9 Å². The highest BCUT2D eigenvalue weighted by molar-refractivity contribution is 5.85. The second-order valence-electron chi connectivity index (χ2n) is 6.82. The molecule has 0 spiro atoms. The van der Waals surface area contributed by atoms with E-state index in [0.29, 0.717) is 16.7 Å². The van der Waals surface area contributed by atoms with E-state index in [2.05, 4.69) is 36.4 Å². The summed E-state index contributed by atoms with van der Waals surface area (Å²) >= 11 is 0. The number of nitrogens with one attached hydrogen (secondary N) is 2. The quantitative estimate of drug-likeness (QED) is 0.202. The van der Waals surface area contributed by atoms with E-state index in [0.717, 1.165) is 0 Å². The third-order valence-electron chi connectivity index (χ3n) is 4.50. The van der Waals surface area contributed by atoms with Crippen molar-refractivity contribution < 1.29 is 15.3 Å². The zero-order chi connectivity index (χ0) is 23.8. The van der Waals surface area contributed by atoms with Crippen molar-refractivity contribution in [3.63, 3.8) is 0 Å². The number of hydrazone groups is 2. The van der Waals surface area contributed by atoms with Gasteiger partial charge in [0, 0.05) is 16.7 Å². The van der Waals surface area contributed by atoms with Gasteiger partial charge in [-0.25, -0.2) is 10.9 Å². The Labute approximate surface area is 194 Å². The summed E-state index contributed by atoms with van der Waals surface area (Å²) in [6, 6.07) is 20.1. The van der Waals surface area contributed by atoms with Gasteiger partial charge in [-0.05, 0) is 36.4 Å². The lowest BCUT2D eigenvalue weighted by Crippen LogP contribution is -2.04. The van der Waals surface area contributed by atoms with E-state index >= 15 is 0 Å². The first kappa shape index (κ1) is 22.0. The van der Waals surface area contributed by atoms with Crippen LogP contribution in [0.3, 0.4) is 0 Å². The molecule has 0 fully saturated rings. The zero-order valence-electron chi connectivity index (χ0n) is 17.7. The lowest BCUT2D eigenvalue weighted by Gasteiger charge is -2.04. The second kappa shape index (κ2) is 10.4. The van der Waals surface area contributed by atoms with Crippen molar-refractivity contribution in [2.24, 2.45) is 15.3 Å². The van der Waals surface area contributed by atoms with Gasteiger partial charge in [0.2, 0.25) is 0 Å². The minimum atomic E-state index is 0.0542. The molecule has 170 valence electrons. The van der Waals surface area contributed by atoms with E-state index in [1.54, 1.807) is 72.8 Å². The number of hydrogen-bond acceptors (Lipinski definition) is 10. The van der Waals surface area contributed by atoms with Gasteiger partial charge in [-0.3, -0.25) is 0 Å². The Kier molecular flexibility index (Phi) is 6.75. The minimum Gasteiger partial charge on any atom is -0.507 e. The average Bonchev–Trinajstić information content (AvgIpc) is 3.22. The first-order chi connectivity index (χ1) is 16.6. The minimum absolute atomic E-state index is 0.0542. The SMILES string of the molecule is Oc1ccccc1C=NNc1nnc(NN=Cc2ccccc2O)n1N=Cc1ccccc1O. The summed E-state index contributed by atoms with van der Waals surface area (Å²) in [5, 5.41) is 50.2. The fourth-order valence-corrected chi connectivity index (χ4v) is 2.76. The van der Waals surface area contributed by atoms with Crippen LogP contribution >= 0.6 is 0 Å². The van der Waals surface area contributed by atoms with Gasteiger partial charge in [0.05, 0.1) is 18.6 Å². The monoisotopic (exact) mass is 456 g/mol. The van der Waals surface area contributed by atoms with Crippen molar-refractivity contribution in [3.8, 4) is 17.2 Å². The maximum Gasteiger partial charge on any atom is 0.267 e. The Morgan fingerprint density at radius 3 is 1.38 bits per heavy atom. The van der Waals surface area contributed by atoms with Gasteiger partial charge in [-0.2, -0.15) is 20.0 Å². The lowest BCUT2D eigenvalue weighted by atomic mass is 10.2. The maximum absolute atomic E-state index is 10.0. The van der Waals surface area contributed by atoms with E-state index in [4.69, 9.17) is 0 Å². The first-order valence-corrected chi connectivity index (χ1v) is 10.0. The fraction of sp³-hybridized carbons (Fsp3) is 0. The standard InChI is InChI=1S/C23H20N8O3/c32-19-10-4-1-7-16(19)13-24-27-22-29-30-23(28-25-14-17-8-2-5-11-20(17)33)31(22)26-15-18-9-3-6-12-21(18)34/h1-15,32-34H,(H,27,29)(H,28,30). The molecule has 0 aliphatic heterocycles. The number of phenols is 3. The Morgan fingerprint density at radius 2 is 0.971 bits per heavy atom. The Morgan fingerprint density at radius 1 is 0.588 bits per heavy atom. The second-order valence-corrected chi connectivity index (χ2v) is 6.82. The largest absolute Gasteiger partial charge is 0.507 e. The van der Waals surface area contributed by atoms with E-state index in [-0.39, 0.29) is 29.1 Å². The first-order valence-electron chi connectivity index (χ1n) is 10.0. The molecule has 0 bridgehead atoms. The molecule has 5 N–H and O–H groups in total. The average molecular weight is 456 g/mol. The molecular weight excluding hydrogens is 436 g/mol. The van der Waals surface area contributed by atoms with E-state index in [1.165, 1.54) is 23.3 Å². The molecule has 11 nitrogen and oxygen atoms in total. The number of para-hydroxylation sites is 3. The van der Waals surface area contributed by atoms with Gasteiger partial charge in [0.1, 0.15) is 17.2 Å². The van der Waals surface area contributed by atoms with Crippen molar-refractivity contribution in [3.05, 3.63) is 89.5 Å². The highest BCUT2D eigenvalue weighted by Gasteiger charge is 2.11. The maximum atomic E-state index is 10.0. The number of phenolic OH excluding ortho intramolecular Hbond substituents is 3. The van der Waals surface area contributed by atoms with Crippen LogP contribution in [0.2, 0.25) is 0 Å². The van der Waals surface area contributed by atoms with Crippen LogP contribution in [0.4, 0.5) is 11.9 Å². The third-order valence-corrected chi connectivity index (χ3v) is 4.50. The molecular formula is C23H20N8O3. The predicted molar refractivity (Wildman–Crippen MR) is 130 cm³/mol. The molecule has 1 aromatic heterocycles. The van der Waals surface area contributed by atoms with Crippen LogP contribution in [0.25, 0.3) is 0 Å². The molecule has 0 aliphatic carbocycles. The molecule has 3 aromatic carbocycles. The molecule has 4 aromatic rings. The van der Waals surface area contributed by atoms with Crippen LogP contribution in [-0.4, -0.2) is 48.8 Å². The van der Waals surface area contributed by atoms with Crippen molar-refractivity contribution in [1.82, 2.24) is 14.9 Å². The van der Waals surface area contributed by atoms with Gasteiger partial charge >= 0.3 is 0 Å². The number of rotatable bonds is 8. The molecule has 0 unspecified atom stereocenters. The number of benzene rings is 3. The Balaban J connectivity index is 1.59. The van der Waals surface area contributed by atoms with Crippen molar-refractivity contribution in [2.45, 2.75) is 0 Å². The summed E-state index contributed by atoms with van der Waals surface area (Å²) in [5.74, 6) is 0.483. The number of hydrogen-bond donors (Lipinski definition) is 5. The molecule has 34 heavy (non-hydrogen) atoms. The molecule has 1 heterocycles. The normalized spacial score (nSPS) is 11.5. The summed E-state index contributed by atoms with van der Waals surface area (Å²) in [4.78, 5) is 0. The van der Waals surface area contributed by atoms with Gasteiger partial charge in [-0.15, -0.1) is 10.2 Å². The van der Waals surface area contributed by atoms with E-state index in [9.17, 15) is 15.3 Å². The number of aromatic nitrogens is 3. The van der Waals surface area contributed by atoms with Gasteiger partial charge < -0.3 is 15.3 Å². The van der Waals surface area contributed by atoms with Crippen molar-refractivity contribution in [1.29, 1.82) is 0 Å². The summed E-state index contributed by atoms with van der Waals surface area (Å²) in [5.41, 5.74) is 6.92. The molecule has 0 radical (unpaired) electrons. The van der Waals surface area contributed by atoms with Gasteiger partial charge in [0.25, 0.3) is 11.9 Å². The van der Waals surface area contributed by atoms with E-state index < -0.39 is 0 Å². The van der Waals surface area contributed by atoms with E-state index in [1.807, 2.05) is 0 Å². The van der Waals surface area contributed by atoms with Crippen LogP contribution in [0, 0.1) is 0 Å². The Hall–Kier alpha value is -5.19. The smallest absolute Gasteiger partial charge is 0.267 e. The highest BCUT2D eigenvalue weighted by atomic mass is 16.3. The molecule has 0 amide bonds. The summed E-state index contributed by atoms with van der Waals surface area (Å²) in [6.07, 6.45) is 4.27. The highest BCUT2D eigenvalue weighted by Crippen LogP contribution is 2.17. The topological polar surface area (TPSA) is 153 Å². The number of anilines is 2. The zero-order valence-corrected chi connectivity index (χ0v) is 17.7. The lowest BCUT2D eigenvalue weighted by molar-refractivity contribution is 0.474. The van der Waals surface area contributed by atoms with Crippen molar-refractivity contribution >= 4 is 30.5 Å². The molecule has 0 saturated heterocycles.